The van der Waals surface area contributed by atoms with Crippen molar-refractivity contribution in [1.82, 2.24) is 19.7 Å². The first-order chi connectivity index (χ1) is 9.45. The van der Waals surface area contributed by atoms with Crippen LogP contribution in [0.5, 0.6) is 0 Å². The van der Waals surface area contributed by atoms with Crippen molar-refractivity contribution in [2.75, 3.05) is 0 Å². The highest BCUT2D eigenvalue weighted by molar-refractivity contribution is 5.54. The number of alkyl halides is 3. The molecule has 0 aromatic carbocycles. The minimum absolute atomic E-state index is 0.214. The van der Waals surface area contributed by atoms with Gasteiger partial charge < -0.3 is 5.73 Å². The van der Waals surface area contributed by atoms with E-state index in [2.05, 4.69) is 15.1 Å². The van der Waals surface area contributed by atoms with Crippen LogP contribution in [0.1, 0.15) is 30.4 Å². The quantitative estimate of drug-likeness (QED) is 0.870. The van der Waals surface area contributed by atoms with Gasteiger partial charge in [-0.05, 0) is 25.0 Å². The van der Waals surface area contributed by atoms with E-state index in [0.717, 1.165) is 25.1 Å². The minimum atomic E-state index is -4.48. The molecule has 1 atom stereocenters. The average molecular weight is 283 g/mol. The van der Waals surface area contributed by atoms with Crippen LogP contribution in [-0.4, -0.2) is 19.7 Å². The van der Waals surface area contributed by atoms with Crippen molar-refractivity contribution in [3.05, 3.63) is 29.8 Å². The van der Waals surface area contributed by atoms with Gasteiger partial charge >= 0.3 is 6.18 Å². The summed E-state index contributed by atoms with van der Waals surface area (Å²) in [6.45, 7) is 0.688. The first kappa shape index (κ1) is 13.0. The van der Waals surface area contributed by atoms with Crippen LogP contribution in [0.4, 0.5) is 13.2 Å². The molecule has 2 N–H and O–H groups in total. The zero-order valence-corrected chi connectivity index (χ0v) is 10.4. The zero-order valence-electron chi connectivity index (χ0n) is 10.4. The summed E-state index contributed by atoms with van der Waals surface area (Å²) in [7, 11) is 0. The van der Waals surface area contributed by atoms with Crippen molar-refractivity contribution >= 4 is 0 Å². The van der Waals surface area contributed by atoms with Gasteiger partial charge in [0.25, 0.3) is 0 Å². The zero-order chi connectivity index (χ0) is 14.3. The SMILES string of the molecule is NC1CCCn2nc(-c3ccnc(C(F)(F)F)c3)nc21. The molecule has 20 heavy (non-hydrogen) atoms. The van der Waals surface area contributed by atoms with Crippen molar-refractivity contribution in [2.24, 2.45) is 5.73 Å². The van der Waals surface area contributed by atoms with Crippen LogP contribution in [0.25, 0.3) is 11.4 Å². The number of fused-ring (bicyclic) bond motifs is 1. The fourth-order valence-corrected chi connectivity index (χ4v) is 2.23. The molecule has 1 aliphatic heterocycles. The number of pyridine rings is 1. The van der Waals surface area contributed by atoms with Gasteiger partial charge in [-0.25, -0.2) is 9.67 Å². The van der Waals surface area contributed by atoms with E-state index in [0.29, 0.717) is 17.9 Å². The number of nitrogens with two attached hydrogens (primary N) is 1. The molecule has 0 saturated carbocycles. The molecule has 5 nitrogen and oxygen atoms in total. The topological polar surface area (TPSA) is 69.6 Å². The Morgan fingerprint density at radius 2 is 2.15 bits per heavy atom. The standard InChI is InChI=1S/C12H12F3N5/c13-12(14,15)9-6-7(3-4-17-9)10-18-11-8(16)2-1-5-20(11)19-10/h3-4,6,8H,1-2,5,16H2. The number of aromatic nitrogens is 4. The van der Waals surface area contributed by atoms with Crippen LogP contribution in [0.15, 0.2) is 18.3 Å². The molecule has 0 fully saturated rings. The van der Waals surface area contributed by atoms with E-state index in [1.54, 1.807) is 4.68 Å². The lowest BCUT2D eigenvalue weighted by Crippen LogP contribution is -2.22. The number of hydrogen-bond acceptors (Lipinski definition) is 4. The maximum absolute atomic E-state index is 12.6. The Hall–Kier alpha value is -1.96. The molecule has 0 amide bonds. The highest BCUT2D eigenvalue weighted by Gasteiger charge is 2.33. The summed E-state index contributed by atoms with van der Waals surface area (Å²) in [5.41, 5.74) is 5.26. The monoisotopic (exact) mass is 283 g/mol. The Morgan fingerprint density at radius 3 is 2.85 bits per heavy atom. The maximum Gasteiger partial charge on any atom is 0.433 e. The molecule has 0 radical (unpaired) electrons. The average Bonchev–Trinajstić information content (AvgIpc) is 2.83. The summed E-state index contributed by atoms with van der Waals surface area (Å²) in [4.78, 5) is 7.58. The number of aryl methyl sites for hydroxylation is 1. The number of halogens is 3. The van der Waals surface area contributed by atoms with Gasteiger partial charge in [-0.15, -0.1) is 0 Å². The van der Waals surface area contributed by atoms with Crippen LogP contribution in [0.3, 0.4) is 0 Å². The molecule has 0 saturated heterocycles. The lowest BCUT2D eigenvalue weighted by molar-refractivity contribution is -0.141. The van der Waals surface area contributed by atoms with E-state index in [1.807, 2.05) is 0 Å². The van der Waals surface area contributed by atoms with Gasteiger partial charge in [0.15, 0.2) is 5.82 Å². The molecule has 1 unspecified atom stereocenters. The van der Waals surface area contributed by atoms with Gasteiger partial charge in [-0.3, -0.25) is 4.98 Å². The van der Waals surface area contributed by atoms with Gasteiger partial charge in [-0.2, -0.15) is 18.3 Å². The molecule has 0 bridgehead atoms. The Morgan fingerprint density at radius 1 is 1.35 bits per heavy atom. The second kappa shape index (κ2) is 4.55. The number of rotatable bonds is 1. The third kappa shape index (κ3) is 2.26. The summed E-state index contributed by atoms with van der Waals surface area (Å²) in [6, 6.07) is 2.20. The fourth-order valence-electron chi connectivity index (χ4n) is 2.23. The molecule has 8 heteroatoms. The van der Waals surface area contributed by atoms with Gasteiger partial charge in [0.05, 0.1) is 6.04 Å². The van der Waals surface area contributed by atoms with E-state index in [-0.39, 0.29) is 11.9 Å². The summed E-state index contributed by atoms with van der Waals surface area (Å²) in [6.07, 6.45) is -1.67. The largest absolute Gasteiger partial charge is 0.433 e. The molecule has 2 aromatic rings. The Bertz CT molecular complexity index is 634. The maximum atomic E-state index is 12.6. The summed E-state index contributed by atoms with van der Waals surface area (Å²) >= 11 is 0. The van der Waals surface area contributed by atoms with Crippen LogP contribution < -0.4 is 5.73 Å². The van der Waals surface area contributed by atoms with Crippen molar-refractivity contribution < 1.29 is 13.2 Å². The highest BCUT2D eigenvalue weighted by atomic mass is 19.4. The predicted molar refractivity (Wildman–Crippen MR) is 64.4 cm³/mol. The summed E-state index contributed by atoms with van der Waals surface area (Å²) < 4.78 is 39.6. The van der Waals surface area contributed by atoms with E-state index in [9.17, 15) is 13.2 Å². The van der Waals surface area contributed by atoms with E-state index in [4.69, 9.17) is 5.73 Å². The highest BCUT2D eigenvalue weighted by Crippen LogP contribution is 2.30. The first-order valence-electron chi connectivity index (χ1n) is 6.19. The molecular formula is C12H12F3N5. The van der Waals surface area contributed by atoms with Crippen molar-refractivity contribution in [2.45, 2.75) is 31.6 Å². The molecule has 106 valence electrons. The van der Waals surface area contributed by atoms with Crippen LogP contribution in [0.2, 0.25) is 0 Å². The predicted octanol–water partition coefficient (Wildman–Crippen LogP) is 2.15. The normalized spacial score (nSPS) is 18.9. The van der Waals surface area contributed by atoms with Crippen molar-refractivity contribution in [3.63, 3.8) is 0 Å². The van der Waals surface area contributed by atoms with E-state index in [1.165, 1.54) is 6.07 Å². The van der Waals surface area contributed by atoms with Gasteiger partial charge in [0, 0.05) is 18.3 Å². The summed E-state index contributed by atoms with van der Waals surface area (Å²) in [5, 5.41) is 4.23. The van der Waals surface area contributed by atoms with Gasteiger partial charge in [0.1, 0.15) is 11.5 Å². The molecule has 0 aliphatic carbocycles. The molecule has 0 spiro atoms. The third-order valence-corrected chi connectivity index (χ3v) is 3.23. The lowest BCUT2D eigenvalue weighted by atomic mass is 10.1. The van der Waals surface area contributed by atoms with Gasteiger partial charge in [-0.1, -0.05) is 0 Å². The lowest BCUT2D eigenvalue weighted by Gasteiger charge is -2.17. The third-order valence-electron chi connectivity index (χ3n) is 3.23. The first-order valence-corrected chi connectivity index (χ1v) is 6.19. The minimum Gasteiger partial charge on any atom is -0.321 e. The Labute approximate surface area is 112 Å². The van der Waals surface area contributed by atoms with Crippen molar-refractivity contribution in [3.8, 4) is 11.4 Å². The Balaban J connectivity index is 2.02. The smallest absolute Gasteiger partial charge is 0.321 e. The van der Waals surface area contributed by atoms with E-state index >= 15 is 0 Å². The van der Waals surface area contributed by atoms with Crippen LogP contribution >= 0.6 is 0 Å². The Kier molecular flexibility index (Phi) is 2.97. The fraction of sp³-hybridized carbons (Fsp3) is 0.417. The second-order valence-electron chi connectivity index (χ2n) is 4.69. The molecule has 2 aromatic heterocycles. The molecular weight excluding hydrogens is 271 g/mol. The van der Waals surface area contributed by atoms with Crippen LogP contribution in [0, 0.1) is 0 Å². The molecule has 1 aliphatic rings. The second-order valence-corrected chi connectivity index (χ2v) is 4.69. The number of nitrogens with zero attached hydrogens (tertiary/aromatic N) is 4. The summed E-state index contributed by atoms with van der Waals surface area (Å²) in [5.74, 6) is 0.877. The molecule has 3 heterocycles. The van der Waals surface area contributed by atoms with E-state index < -0.39 is 11.9 Å². The van der Waals surface area contributed by atoms with Crippen LogP contribution in [-0.2, 0) is 12.7 Å². The number of hydrogen-bond donors (Lipinski definition) is 1. The van der Waals surface area contributed by atoms with Crippen molar-refractivity contribution in [1.29, 1.82) is 0 Å². The molecule has 3 rings (SSSR count). The van der Waals surface area contributed by atoms with Gasteiger partial charge in [0.2, 0.25) is 0 Å².